The van der Waals surface area contributed by atoms with E-state index < -0.39 is 32.7 Å². The Balaban J connectivity index is 1.83. The van der Waals surface area contributed by atoms with Gasteiger partial charge < -0.3 is 15.1 Å². The summed E-state index contributed by atoms with van der Waals surface area (Å²) in [4.78, 5) is 14.7. The first-order valence-corrected chi connectivity index (χ1v) is 13.5. The van der Waals surface area contributed by atoms with Gasteiger partial charge in [0.05, 0.1) is 5.69 Å². The van der Waals surface area contributed by atoms with Crippen molar-refractivity contribution in [1.29, 1.82) is 0 Å². The molecule has 0 aliphatic carbocycles. The van der Waals surface area contributed by atoms with Gasteiger partial charge >= 0.3 is 16.3 Å². The van der Waals surface area contributed by atoms with Gasteiger partial charge in [-0.3, -0.25) is 0 Å². The summed E-state index contributed by atoms with van der Waals surface area (Å²) >= 11 is 0. The first kappa shape index (κ1) is 27.2. The van der Waals surface area contributed by atoms with E-state index in [2.05, 4.69) is 24.1 Å². The molecule has 4 nitrogen and oxygen atoms in total. The zero-order valence-corrected chi connectivity index (χ0v) is 20.5. The van der Waals surface area contributed by atoms with Gasteiger partial charge in [0.15, 0.2) is 0 Å². The minimum absolute atomic E-state index is 0.0124. The first-order chi connectivity index (χ1) is 16.2. The van der Waals surface area contributed by atoms with E-state index in [1.165, 1.54) is 4.90 Å². The monoisotopic (exact) mass is 523 g/mol. The number of urea groups is 1. The molecule has 0 saturated carbocycles. The number of likely N-dealkylation sites (tertiary alicyclic amines) is 1. The Hall–Kier alpha value is -2.40. The molecule has 1 fully saturated rings. The summed E-state index contributed by atoms with van der Waals surface area (Å²) in [5.74, 6) is -1.23. The fraction of sp³-hybridized carbons (Fsp3) is 0.458. The van der Waals surface area contributed by atoms with Crippen LogP contribution in [0.4, 0.5) is 34.3 Å². The normalized spacial score (nSPS) is 18.4. The van der Waals surface area contributed by atoms with Crippen LogP contribution in [0.5, 0.6) is 0 Å². The number of amides is 2. The predicted molar refractivity (Wildman–Crippen MR) is 128 cm³/mol. The predicted octanol–water partition coefficient (Wildman–Crippen LogP) is 8.17. The van der Waals surface area contributed by atoms with Crippen LogP contribution >= 0.6 is 10.2 Å². The van der Waals surface area contributed by atoms with Crippen LogP contribution in [0.2, 0.25) is 0 Å². The van der Waals surface area contributed by atoms with Gasteiger partial charge in [-0.1, -0.05) is 63.1 Å². The molecule has 1 aliphatic rings. The molecule has 1 N–H and O–H groups in total. The van der Waals surface area contributed by atoms with Crippen LogP contribution in [0.15, 0.2) is 53.4 Å². The third kappa shape index (κ3) is 7.30. The maximum absolute atomic E-state index is 14.3. The molecule has 3 rings (SSSR count). The van der Waals surface area contributed by atoms with Crippen LogP contribution in [-0.2, 0) is 6.54 Å². The SMILES string of the molecule is CCCC(C)N1CCC(N(Cc2ccccc2)C(=O)Nc2cc(S(F)(F)(F)(F)F)ccc2F)CC1. The Bertz CT molecular complexity index is 1030. The molecule has 196 valence electrons. The number of carbonyl (C=O) groups is 1. The van der Waals surface area contributed by atoms with Crippen LogP contribution in [0.25, 0.3) is 0 Å². The average Bonchev–Trinajstić information content (AvgIpc) is 2.78. The van der Waals surface area contributed by atoms with Crippen LogP contribution in [0, 0.1) is 5.82 Å². The molecule has 1 heterocycles. The molecule has 11 heteroatoms. The number of rotatable bonds is 8. The van der Waals surface area contributed by atoms with E-state index in [0.29, 0.717) is 18.9 Å². The Morgan fingerprint density at radius 1 is 1.09 bits per heavy atom. The van der Waals surface area contributed by atoms with Crippen molar-refractivity contribution >= 4 is 21.9 Å². The second-order valence-corrected chi connectivity index (χ2v) is 11.5. The summed E-state index contributed by atoms with van der Waals surface area (Å²) < 4.78 is 80.5. The van der Waals surface area contributed by atoms with Gasteiger partial charge in [-0.25, -0.2) is 9.18 Å². The number of nitrogens with zero attached hydrogens (tertiary/aromatic N) is 2. The fourth-order valence-electron chi connectivity index (χ4n) is 4.41. The van der Waals surface area contributed by atoms with E-state index in [-0.39, 0.29) is 30.8 Å². The van der Waals surface area contributed by atoms with Crippen LogP contribution in [0.3, 0.4) is 0 Å². The molecule has 0 spiro atoms. The molecule has 1 unspecified atom stereocenters. The highest BCUT2D eigenvalue weighted by Crippen LogP contribution is 3.02. The summed E-state index contributed by atoms with van der Waals surface area (Å²) in [6.45, 7) is 5.87. The minimum atomic E-state index is -10.0. The number of piperidine rings is 1. The second-order valence-electron chi connectivity index (χ2n) is 9.06. The number of halogens is 6. The minimum Gasteiger partial charge on any atom is -0.317 e. The van der Waals surface area contributed by atoms with Crippen molar-refractivity contribution in [3.63, 3.8) is 0 Å². The van der Waals surface area contributed by atoms with E-state index >= 15 is 0 Å². The van der Waals surface area contributed by atoms with E-state index in [9.17, 15) is 28.6 Å². The lowest BCUT2D eigenvalue weighted by atomic mass is 10.00. The molecule has 2 aromatic carbocycles. The first-order valence-electron chi connectivity index (χ1n) is 11.6. The molecular formula is C24H31F6N3OS. The maximum Gasteiger partial charge on any atom is 0.322 e. The Labute approximate surface area is 202 Å². The second kappa shape index (κ2) is 9.57. The Kier molecular flexibility index (Phi) is 7.44. The molecule has 0 aromatic heterocycles. The van der Waals surface area contributed by atoms with Crippen molar-refractivity contribution in [2.45, 2.75) is 63.1 Å². The van der Waals surface area contributed by atoms with Gasteiger partial charge in [0.2, 0.25) is 0 Å². The number of hydrogen-bond donors (Lipinski definition) is 1. The lowest BCUT2D eigenvalue weighted by Crippen LogP contribution is -2.50. The summed E-state index contributed by atoms with van der Waals surface area (Å²) in [5, 5.41) is 2.11. The Morgan fingerprint density at radius 2 is 1.71 bits per heavy atom. The molecule has 2 amide bonds. The fourth-order valence-corrected chi connectivity index (χ4v) is 5.08. The lowest BCUT2D eigenvalue weighted by Gasteiger charge is -2.41. The Morgan fingerprint density at radius 3 is 2.29 bits per heavy atom. The van der Waals surface area contributed by atoms with Gasteiger partial charge in [-0.15, -0.1) is 0 Å². The quantitative estimate of drug-likeness (QED) is 0.354. The van der Waals surface area contributed by atoms with Gasteiger partial charge in [0.25, 0.3) is 0 Å². The van der Waals surface area contributed by atoms with Crippen molar-refractivity contribution in [2.75, 3.05) is 18.4 Å². The molecule has 1 aliphatic heterocycles. The molecular weight excluding hydrogens is 492 g/mol. The van der Waals surface area contributed by atoms with Crippen molar-refractivity contribution in [3.8, 4) is 0 Å². The number of nitrogens with one attached hydrogen (secondary N) is 1. The van der Waals surface area contributed by atoms with Crippen LogP contribution in [0.1, 0.15) is 45.1 Å². The van der Waals surface area contributed by atoms with Gasteiger partial charge in [-0.2, -0.15) is 0 Å². The van der Waals surface area contributed by atoms with Crippen molar-refractivity contribution < 1.29 is 28.6 Å². The number of anilines is 1. The smallest absolute Gasteiger partial charge is 0.317 e. The molecule has 1 atom stereocenters. The van der Waals surface area contributed by atoms with Crippen molar-refractivity contribution in [3.05, 3.63) is 59.9 Å². The zero-order chi connectivity index (χ0) is 25.9. The number of hydrogen-bond acceptors (Lipinski definition) is 2. The third-order valence-corrected chi connectivity index (χ3v) is 7.50. The van der Waals surface area contributed by atoms with Gasteiger partial charge in [-0.05, 0) is 49.9 Å². The molecule has 1 saturated heterocycles. The van der Waals surface area contributed by atoms with Crippen LogP contribution < -0.4 is 5.32 Å². The summed E-state index contributed by atoms with van der Waals surface area (Å²) in [6.07, 6.45) is 3.35. The molecule has 0 radical (unpaired) electrons. The van der Waals surface area contributed by atoms with Crippen molar-refractivity contribution in [1.82, 2.24) is 9.80 Å². The highest BCUT2D eigenvalue weighted by molar-refractivity contribution is 8.45. The standard InChI is InChI=1S/C24H31F6N3OS/c1-3-7-18(2)32-14-12-20(13-15-32)33(17-19-8-5-4-6-9-19)24(34)31-23-16-21(10-11-22(23)25)35(26,27,28,29)30/h4-6,8-11,16,18,20H,3,7,12-15,17H2,1-2H3,(H,31,34). The summed E-state index contributed by atoms with van der Waals surface area (Å²) in [5.41, 5.74) is -0.154. The van der Waals surface area contributed by atoms with Gasteiger partial charge in [0, 0.05) is 31.7 Å². The third-order valence-electron chi connectivity index (χ3n) is 6.35. The van der Waals surface area contributed by atoms with E-state index in [1.807, 2.05) is 6.07 Å². The molecule has 35 heavy (non-hydrogen) atoms. The summed E-state index contributed by atoms with van der Waals surface area (Å²) in [7, 11) is -10.0. The highest BCUT2D eigenvalue weighted by Gasteiger charge is 2.65. The average molecular weight is 524 g/mol. The number of carbonyl (C=O) groups excluding carboxylic acids is 1. The largest absolute Gasteiger partial charge is 0.322 e. The van der Waals surface area contributed by atoms with E-state index in [1.54, 1.807) is 24.3 Å². The van der Waals surface area contributed by atoms with E-state index in [0.717, 1.165) is 31.5 Å². The summed E-state index contributed by atoms with van der Waals surface area (Å²) in [6, 6.07) is 8.53. The zero-order valence-electron chi connectivity index (χ0n) is 19.7. The molecule has 2 aromatic rings. The van der Waals surface area contributed by atoms with Crippen molar-refractivity contribution in [2.24, 2.45) is 0 Å². The van der Waals surface area contributed by atoms with Gasteiger partial charge in [0.1, 0.15) is 10.7 Å². The topological polar surface area (TPSA) is 35.6 Å². The maximum atomic E-state index is 14.3. The highest BCUT2D eigenvalue weighted by atomic mass is 32.5. The lowest BCUT2D eigenvalue weighted by molar-refractivity contribution is 0.0989. The molecule has 0 bridgehead atoms. The van der Waals surface area contributed by atoms with E-state index in [4.69, 9.17) is 0 Å². The number of benzene rings is 2. The van der Waals surface area contributed by atoms with Crippen LogP contribution in [-0.4, -0.2) is 41.0 Å².